The third kappa shape index (κ3) is 3.58. The molecule has 1 aromatic heterocycles. The van der Waals surface area contributed by atoms with Crippen LogP contribution in [0.15, 0.2) is 59.4 Å². The normalized spacial score (nSPS) is 10.3. The lowest BCUT2D eigenvalue weighted by Gasteiger charge is -2.08. The zero-order valence-electron chi connectivity index (χ0n) is 11.8. The average Bonchev–Trinajstić information content (AvgIpc) is 2.55. The molecule has 0 radical (unpaired) electrons. The van der Waals surface area contributed by atoms with E-state index in [1.54, 1.807) is 48.5 Å². The molecule has 114 valence electrons. The van der Waals surface area contributed by atoms with Crippen LogP contribution in [0.4, 0.5) is 5.13 Å². The van der Waals surface area contributed by atoms with Gasteiger partial charge in [-0.3, -0.25) is 14.9 Å². The Balaban J connectivity index is 1.76. The molecule has 5 nitrogen and oxygen atoms in total. The molecule has 0 aliphatic heterocycles. The van der Waals surface area contributed by atoms with Gasteiger partial charge in [-0.1, -0.05) is 41.7 Å². The highest BCUT2D eigenvalue weighted by molar-refractivity contribution is 7.80. The Kier molecular flexibility index (Phi) is 4.40. The maximum Gasteiger partial charge on any atom is 0.257 e. The first kappa shape index (κ1) is 15.3. The van der Waals surface area contributed by atoms with Gasteiger partial charge in [0.25, 0.3) is 5.91 Å². The fourth-order valence-corrected chi connectivity index (χ4v) is 2.97. The van der Waals surface area contributed by atoms with E-state index in [0.717, 1.165) is 11.3 Å². The number of carbonyl (C=O) groups is 1. The van der Waals surface area contributed by atoms with Crippen LogP contribution >= 0.6 is 23.6 Å². The van der Waals surface area contributed by atoms with Gasteiger partial charge in [-0.2, -0.15) is 0 Å². The maximum atomic E-state index is 12.0. The molecular weight excluding hydrogens is 330 g/mol. The number of rotatable bonds is 2. The van der Waals surface area contributed by atoms with Crippen LogP contribution in [0.25, 0.3) is 10.9 Å². The molecule has 0 aliphatic rings. The van der Waals surface area contributed by atoms with Crippen molar-refractivity contribution in [3.63, 3.8) is 0 Å². The fourth-order valence-electron chi connectivity index (χ4n) is 1.97. The van der Waals surface area contributed by atoms with Gasteiger partial charge >= 0.3 is 0 Å². The van der Waals surface area contributed by atoms with E-state index in [1.165, 1.54) is 0 Å². The third-order valence-electron chi connectivity index (χ3n) is 3.02. The first-order valence-electron chi connectivity index (χ1n) is 6.71. The Bertz CT molecular complexity index is 939. The van der Waals surface area contributed by atoms with E-state index < -0.39 is 0 Å². The molecule has 0 spiro atoms. The molecule has 0 saturated heterocycles. The lowest BCUT2D eigenvalue weighted by molar-refractivity contribution is 0.0978. The van der Waals surface area contributed by atoms with E-state index in [0.29, 0.717) is 21.6 Å². The predicted octanol–water partition coefficient (Wildman–Crippen LogP) is 2.78. The average molecular weight is 341 g/mol. The van der Waals surface area contributed by atoms with Crippen molar-refractivity contribution in [2.24, 2.45) is 0 Å². The molecular formula is C16H11N3O2S2. The van der Waals surface area contributed by atoms with Crippen molar-refractivity contribution in [1.29, 1.82) is 0 Å². The number of aromatic nitrogens is 1. The van der Waals surface area contributed by atoms with Gasteiger partial charge in [0.1, 0.15) is 0 Å². The minimum absolute atomic E-state index is 0.0947. The molecule has 2 N–H and O–H groups in total. The molecule has 23 heavy (non-hydrogen) atoms. The zero-order valence-corrected chi connectivity index (χ0v) is 13.4. The van der Waals surface area contributed by atoms with Crippen molar-refractivity contribution in [2.75, 3.05) is 5.32 Å². The SMILES string of the molecule is O=C(NC(=S)Nc1nc2ccccc2c(=O)s1)c1ccccc1. The third-order valence-corrected chi connectivity index (χ3v) is 4.01. The zero-order chi connectivity index (χ0) is 16.2. The Labute approximate surface area is 141 Å². The van der Waals surface area contributed by atoms with Crippen molar-refractivity contribution >= 4 is 50.6 Å². The highest BCUT2D eigenvalue weighted by atomic mass is 32.1. The number of nitrogens with one attached hydrogen (secondary N) is 2. The van der Waals surface area contributed by atoms with Gasteiger partial charge in [0, 0.05) is 5.56 Å². The van der Waals surface area contributed by atoms with Gasteiger partial charge in [-0.05, 0) is 36.5 Å². The van der Waals surface area contributed by atoms with Crippen LogP contribution < -0.4 is 15.4 Å². The van der Waals surface area contributed by atoms with Crippen LogP contribution in [0.1, 0.15) is 10.4 Å². The molecule has 0 aliphatic carbocycles. The number of amides is 1. The highest BCUT2D eigenvalue weighted by Gasteiger charge is 2.09. The summed E-state index contributed by atoms with van der Waals surface area (Å²) in [5.74, 6) is -0.323. The summed E-state index contributed by atoms with van der Waals surface area (Å²) in [7, 11) is 0. The molecule has 1 heterocycles. The van der Waals surface area contributed by atoms with Crippen molar-refractivity contribution in [1.82, 2.24) is 10.3 Å². The summed E-state index contributed by atoms with van der Waals surface area (Å²) in [5.41, 5.74) is 1.08. The number of thiocarbonyl (C=S) groups is 1. The molecule has 1 amide bonds. The largest absolute Gasteiger partial charge is 0.308 e. The van der Waals surface area contributed by atoms with Crippen molar-refractivity contribution < 1.29 is 4.79 Å². The van der Waals surface area contributed by atoms with Crippen LogP contribution in [-0.2, 0) is 0 Å². The summed E-state index contributed by atoms with van der Waals surface area (Å²) < 4.78 is -0.115. The van der Waals surface area contributed by atoms with E-state index in [1.807, 2.05) is 6.07 Å². The van der Waals surface area contributed by atoms with Crippen molar-refractivity contribution in [2.45, 2.75) is 0 Å². The number of para-hydroxylation sites is 1. The topological polar surface area (TPSA) is 71.1 Å². The van der Waals surface area contributed by atoms with Gasteiger partial charge in [0.15, 0.2) is 10.2 Å². The molecule has 0 unspecified atom stereocenters. The Morgan fingerprint density at radius 3 is 2.52 bits per heavy atom. The number of hydrogen-bond acceptors (Lipinski definition) is 5. The first-order valence-corrected chi connectivity index (χ1v) is 7.93. The van der Waals surface area contributed by atoms with Gasteiger partial charge in [0.05, 0.1) is 10.9 Å². The molecule has 7 heteroatoms. The first-order chi connectivity index (χ1) is 11.1. The summed E-state index contributed by atoms with van der Waals surface area (Å²) in [5, 5.41) is 6.33. The smallest absolute Gasteiger partial charge is 0.257 e. The number of nitrogens with zero attached hydrogens (tertiary/aromatic N) is 1. The van der Waals surface area contributed by atoms with E-state index in [9.17, 15) is 9.59 Å². The van der Waals surface area contributed by atoms with Gasteiger partial charge in [-0.15, -0.1) is 0 Å². The molecule has 3 rings (SSSR count). The lowest BCUT2D eigenvalue weighted by Crippen LogP contribution is -2.34. The van der Waals surface area contributed by atoms with Crippen molar-refractivity contribution in [3.8, 4) is 0 Å². The quantitative estimate of drug-likeness (QED) is 0.702. The monoisotopic (exact) mass is 341 g/mol. The summed E-state index contributed by atoms with van der Waals surface area (Å²) in [6.45, 7) is 0. The highest BCUT2D eigenvalue weighted by Crippen LogP contribution is 2.14. The fraction of sp³-hybridized carbons (Fsp3) is 0. The Morgan fingerprint density at radius 2 is 1.74 bits per heavy atom. The number of anilines is 1. The minimum atomic E-state index is -0.323. The molecule has 0 fully saturated rings. The minimum Gasteiger partial charge on any atom is -0.308 e. The summed E-state index contributed by atoms with van der Waals surface area (Å²) in [6.07, 6.45) is 0. The summed E-state index contributed by atoms with van der Waals surface area (Å²) >= 11 is 6.04. The molecule has 0 bridgehead atoms. The second kappa shape index (κ2) is 6.64. The predicted molar refractivity (Wildman–Crippen MR) is 96.0 cm³/mol. The van der Waals surface area contributed by atoms with E-state index >= 15 is 0 Å². The summed E-state index contributed by atoms with van der Waals surface area (Å²) in [6, 6.07) is 15.8. The van der Waals surface area contributed by atoms with Crippen LogP contribution in [0.3, 0.4) is 0 Å². The molecule has 0 atom stereocenters. The van der Waals surface area contributed by atoms with Crippen LogP contribution in [0.2, 0.25) is 0 Å². The maximum absolute atomic E-state index is 12.0. The Morgan fingerprint density at radius 1 is 1.04 bits per heavy atom. The van der Waals surface area contributed by atoms with E-state index in [4.69, 9.17) is 12.2 Å². The van der Waals surface area contributed by atoms with Crippen LogP contribution in [0.5, 0.6) is 0 Å². The van der Waals surface area contributed by atoms with Crippen LogP contribution in [-0.4, -0.2) is 16.0 Å². The number of carbonyl (C=O) groups excluding carboxylic acids is 1. The van der Waals surface area contributed by atoms with Gasteiger partial charge < -0.3 is 5.32 Å². The number of hydrogen-bond donors (Lipinski definition) is 2. The Hall–Kier alpha value is -2.64. The van der Waals surface area contributed by atoms with Gasteiger partial charge in [-0.25, -0.2) is 4.98 Å². The van der Waals surface area contributed by atoms with Crippen LogP contribution in [0, 0.1) is 0 Å². The van der Waals surface area contributed by atoms with E-state index in [2.05, 4.69) is 15.6 Å². The number of fused-ring (bicyclic) bond motifs is 1. The standard InChI is InChI=1S/C16H11N3O2S2/c20-13(10-6-2-1-3-7-10)18-15(22)19-16-17-12-9-5-4-8-11(12)14(21)23-16/h1-9H,(H2,17,18,19,20,22). The lowest BCUT2D eigenvalue weighted by atomic mass is 10.2. The van der Waals surface area contributed by atoms with Crippen molar-refractivity contribution in [3.05, 3.63) is 69.7 Å². The molecule has 0 saturated carbocycles. The van der Waals surface area contributed by atoms with Gasteiger partial charge in [0.2, 0.25) is 4.74 Å². The molecule has 2 aromatic carbocycles. The molecule has 3 aromatic rings. The second-order valence-corrected chi connectivity index (χ2v) is 5.97. The van der Waals surface area contributed by atoms with E-state index in [-0.39, 0.29) is 15.8 Å². The number of benzene rings is 2. The summed E-state index contributed by atoms with van der Waals surface area (Å²) in [4.78, 5) is 28.4. The second-order valence-electron chi connectivity index (χ2n) is 4.60.